The van der Waals surface area contributed by atoms with Crippen LogP contribution >= 0.6 is 0 Å². The van der Waals surface area contributed by atoms with Crippen LogP contribution in [-0.2, 0) is 13.1 Å². The van der Waals surface area contributed by atoms with Gasteiger partial charge >= 0.3 is 6.03 Å². The molecule has 0 radical (unpaired) electrons. The molecule has 2 aromatic carbocycles. The molecule has 0 saturated carbocycles. The zero-order valence-corrected chi connectivity index (χ0v) is 19.6. The van der Waals surface area contributed by atoms with Crippen molar-refractivity contribution in [1.29, 1.82) is 5.26 Å². The Morgan fingerprint density at radius 1 is 0.788 bits per heavy atom. The van der Waals surface area contributed by atoms with E-state index in [0.717, 1.165) is 10.5 Å². The average molecular weight is 463 g/mol. The molecule has 0 aliphatic carbocycles. The highest BCUT2D eigenvalue weighted by atomic mass is 16.5. The number of carbonyl (C=O) groups is 1. The van der Waals surface area contributed by atoms with E-state index in [-0.39, 0.29) is 6.54 Å². The fraction of sp³-hybridized carbons (Fsp3) is 0.364. The molecule has 0 aliphatic rings. The molecule has 4 N–H and O–H groups in total. The van der Waals surface area contributed by atoms with E-state index in [2.05, 4.69) is 0 Å². The van der Waals surface area contributed by atoms with E-state index in [4.69, 9.17) is 45.2 Å². The van der Waals surface area contributed by atoms with Crippen molar-refractivity contribution in [3.05, 3.63) is 35.4 Å². The predicted octanol–water partition coefficient (Wildman–Crippen LogP) is 2.25. The monoisotopic (exact) mass is 462 g/mol. The standard InChI is InChI=1S/C12H15N3O4.C10H15NO3/c1-17-9-4-8(6-15(7-13)12(14)16)5-10(18-2)11(9)19-3;1-12-8-4-7(6-11)5-9(13-2)10(8)14-3/h4-5H,6H2,1-3H3,(H2,14,16);4-5H,6,11H2,1-3H3. The molecular formula is C22H30N4O7. The molecule has 2 rings (SSSR count). The molecule has 2 aromatic rings. The largest absolute Gasteiger partial charge is 0.493 e. The lowest BCUT2D eigenvalue weighted by Gasteiger charge is -2.16. The summed E-state index contributed by atoms with van der Waals surface area (Å²) >= 11 is 0. The van der Waals surface area contributed by atoms with Crippen LogP contribution in [0, 0.1) is 11.5 Å². The Labute approximate surface area is 193 Å². The van der Waals surface area contributed by atoms with Crippen molar-refractivity contribution >= 4 is 6.03 Å². The zero-order valence-electron chi connectivity index (χ0n) is 19.6. The number of methoxy groups -OCH3 is 6. The van der Waals surface area contributed by atoms with Gasteiger partial charge in [0.05, 0.1) is 49.2 Å². The first-order valence-corrected chi connectivity index (χ1v) is 9.58. The van der Waals surface area contributed by atoms with Gasteiger partial charge in [-0.2, -0.15) is 5.26 Å². The third-order valence-electron chi connectivity index (χ3n) is 4.41. The molecule has 0 heterocycles. The molecule has 0 aliphatic heterocycles. The predicted molar refractivity (Wildman–Crippen MR) is 121 cm³/mol. The lowest BCUT2D eigenvalue weighted by Crippen LogP contribution is -2.30. The number of carbonyl (C=O) groups excluding carboxylic acids is 1. The number of primary amides is 1. The summed E-state index contributed by atoms with van der Waals surface area (Å²) in [6.45, 7) is 0.471. The first kappa shape index (κ1) is 27.0. The molecule has 0 bridgehead atoms. The summed E-state index contributed by atoms with van der Waals surface area (Å²) in [6.07, 6.45) is 1.70. The molecule has 33 heavy (non-hydrogen) atoms. The van der Waals surface area contributed by atoms with E-state index >= 15 is 0 Å². The van der Waals surface area contributed by atoms with Crippen LogP contribution in [-0.4, -0.2) is 53.6 Å². The number of amides is 2. The van der Waals surface area contributed by atoms with Crippen molar-refractivity contribution in [3.8, 4) is 40.7 Å². The molecule has 2 amide bonds. The Morgan fingerprint density at radius 2 is 1.15 bits per heavy atom. The minimum absolute atomic E-state index is 0.0303. The SMILES string of the molecule is COc1cc(CN(C#N)C(N)=O)cc(OC)c1OC.COc1cc(CN)cc(OC)c1OC. The minimum atomic E-state index is -0.823. The summed E-state index contributed by atoms with van der Waals surface area (Å²) in [4.78, 5) is 11.8. The van der Waals surface area contributed by atoms with Gasteiger partial charge in [0.25, 0.3) is 0 Å². The summed E-state index contributed by atoms with van der Waals surface area (Å²) in [5, 5.41) is 8.80. The van der Waals surface area contributed by atoms with Crippen LogP contribution in [0.15, 0.2) is 24.3 Å². The van der Waals surface area contributed by atoms with Gasteiger partial charge in [0.2, 0.25) is 11.5 Å². The number of rotatable bonds is 9. The van der Waals surface area contributed by atoms with Gasteiger partial charge in [-0.3, -0.25) is 0 Å². The Hall–Kier alpha value is -4.04. The molecular weight excluding hydrogens is 432 g/mol. The normalized spacial score (nSPS) is 9.52. The van der Waals surface area contributed by atoms with Gasteiger partial charge in [-0.25, -0.2) is 9.69 Å². The second kappa shape index (κ2) is 13.4. The lowest BCUT2D eigenvalue weighted by molar-refractivity contribution is 0.225. The number of nitriles is 1. The highest BCUT2D eigenvalue weighted by Gasteiger charge is 2.16. The third kappa shape index (κ3) is 6.98. The number of urea groups is 1. The smallest absolute Gasteiger partial charge is 0.328 e. The van der Waals surface area contributed by atoms with Gasteiger partial charge in [0.1, 0.15) is 0 Å². The third-order valence-corrected chi connectivity index (χ3v) is 4.41. The van der Waals surface area contributed by atoms with E-state index < -0.39 is 6.03 Å². The second-order valence-corrected chi connectivity index (χ2v) is 6.30. The number of nitrogens with two attached hydrogens (primary N) is 2. The molecule has 180 valence electrons. The van der Waals surface area contributed by atoms with Crippen molar-refractivity contribution in [2.24, 2.45) is 11.5 Å². The van der Waals surface area contributed by atoms with Gasteiger partial charge < -0.3 is 39.9 Å². The van der Waals surface area contributed by atoms with Crippen molar-refractivity contribution in [3.63, 3.8) is 0 Å². The van der Waals surface area contributed by atoms with Crippen molar-refractivity contribution in [2.75, 3.05) is 42.7 Å². The van der Waals surface area contributed by atoms with Crippen LogP contribution < -0.4 is 39.9 Å². The van der Waals surface area contributed by atoms with E-state index in [9.17, 15) is 4.79 Å². The first-order chi connectivity index (χ1) is 15.8. The Morgan fingerprint density at radius 3 is 1.39 bits per heavy atom. The minimum Gasteiger partial charge on any atom is -0.493 e. The maximum atomic E-state index is 11.0. The van der Waals surface area contributed by atoms with E-state index in [1.165, 1.54) is 21.3 Å². The van der Waals surface area contributed by atoms with Crippen LogP contribution in [0.1, 0.15) is 11.1 Å². The zero-order chi connectivity index (χ0) is 25.0. The molecule has 0 aromatic heterocycles. The summed E-state index contributed by atoms with van der Waals surface area (Å²) < 4.78 is 31.0. The summed E-state index contributed by atoms with van der Waals surface area (Å²) in [5.74, 6) is 3.18. The first-order valence-electron chi connectivity index (χ1n) is 9.58. The Balaban J connectivity index is 0.000000346. The maximum Gasteiger partial charge on any atom is 0.328 e. The molecule has 0 spiro atoms. The van der Waals surface area contributed by atoms with E-state index in [0.29, 0.717) is 46.6 Å². The highest BCUT2D eigenvalue weighted by Crippen LogP contribution is 2.39. The van der Waals surface area contributed by atoms with Crippen LogP contribution in [0.4, 0.5) is 4.79 Å². The number of benzene rings is 2. The van der Waals surface area contributed by atoms with Crippen molar-refractivity contribution in [1.82, 2.24) is 4.90 Å². The molecule has 11 nitrogen and oxygen atoms in total. The van der Waals surface area contributed by atoms with Gasteiger partial charge in [-0.15, -0.1) is 0 Å². The number of hydrogen-bond acceptors (Lipinski definition) is 9. The Bertz CT molecular complexity index is 926. The summed E-state index contributed by atoms with van der Waals surface area (Å²) in [7, 11) is 9.19. The fourth-order valence-corrected chi connectivity index (χ4v) is 2.83. The van der Waals surface area contributed by atoms with Gasteiger partial charge in [-0.1, -0.05) is 0 Å². The van der Waals surface area contributed by atoms with Crippen LogP contribution in [0.3, 0.4) is 0 Å². The summed E-state index contributed by atoms with van der Waals surface area (Å²) in [6, 6.07) is 6.14. The molecule has 0 unspecified atom stereocenters. The van der Waals surface area contributed by atoms with Gasteiger partial charge in [0.15, 0.2) is 29.2 Å². The van der Waals surface area contributed by atoms with Gasteiger partial charge in [-0.05, 0) is 35.4 Å². The molecule has 0 atom stereocenters. The van der Waals surface area contributed by atoms with E-state index in [1.54, 1.807) is 39.7 Å². The topological polar surface area (TPSA) is 152 Å². The average Bonchev–Trinajstić information content (AvgIpc) is 2.85. The fourth-order valence-electron chi connectivity index (χ4n) is 2.83. The van der Waals surface area contributed by atoms with Crippen LogP contribution in [0.25, 0.3) is 0 Å². The Kier molecular flexibility index (Phi) is 11.0. The van der Waals surface area contributed by atoms with Crippen LogP contribution in [0.5, 0.6) is 34.5 Å². The molecule has 0 saturated heterocycles. The number of hydrogen-bond donors (Lipinski definition) is 2. The van der Waals surface area contributed by atoms with Gasteiger partial charge in [0, 0.05) is 6.54 Å². The molecule has 11 heteroatoms. The number of ether oxygens (including phenoxy) is 6. The number of nitrogens with zero attached hydrogens (tertiary/aromatic N) is 2. The summed E-state index contributed by atoms with van der Waals surface area (Å²) in [5.41, 5.74) is 12.2. The van der Waals surface area contributed by atoms with E-state index in [1.807, 2.05) is 12.1 Å². The lowest BCUT2D eigenvalue weighted by atomic mass is 10.1. The quantitative estimate of drug-likeness (QED) is 0.422. The second-order valence-electron chi connectivity index (χ2n) is 6.30. The maximum absolute atomic E-state index is 11.0. The van der Waals surface area contributed by atoms with Crippen LogP contribution in [0.2, 0.25) is 0 Å². The van der Waals surface area contributed by atoms with Crippen molar-refractivity contribution < 1.29 is 33.2 Å². The molecule has 0 fully saturated rings. The highest BCUT2D eigenvalue weighted by molar-refractivity contribution is 5.73. The van der Waals surface area contributed by atoms with Crippen molar-refractivity contribution in [2.45, 2.75) is 13.1 Å².